The van der Waals surface area contributed by atoms with Crippen molar-refractivity contribution in [3.05, 3.63) is 33.8 Å². The Hall–Kier alpha value is -0.220. The summed E-state index contributed by atoms with van der Waals surface area (Å²) < 4.78 is 0. The van der Waals surface area contributed by atoms with Crippen molar-refractivity contribution in [1.29, 1.82) is 0 Å². The van der Waals surface area contributed by atoms with E-state index < -0.39 is 0 Å². The zero-order valence-corrected chi connectivity index (χ0v) is 13.2. The Bertz CT molecular complexity index is 467. The van der Waals surface area contributed by atoms with Gasteiger partial charge in [0.2, 0.25) is 0 Å². The molecule has 1 aliphatic heterocycles. The molecular formula is C14H17Cl2NOS. The van der Waals surface area contributed by atoms with Gasteiger partial charge in [0.15, 0.2) is 5.78 Å². The highest BCUT2D eigenvalue weighted by molar-refractivity contribution is 7.99. The summed E-state index contributed by atoms with van der Waals surface area (Å²) in [4.78, 5) is 14.5. The van der Waals surface area contributed by atoms with E-state index in [1.807, 2.05) is 11.8 Å². The van der Waals surface area contributed by atoms with Gasteiger partial charge in [-0.1, -0.05) is 36.2 Å². The quantitative estimate of drug-likeness (QED) is 0.783. The van der Waals surface area contributed by atoms with Crippen LogP contribution in [-0.2, 0) is 0 Å². The van der Waals surface area contributed by atoms with E-state index >= 15 is 0 Å². The summed E-state index contributed by atoms with van der Waals surface area (Å²) in [5.41, 5.74) is 0.536. The van der Waals surface area contributed by atoms with Crippen LogP contribution in [0.15, 0.2) is 18.2 Å². The van der Waals surface area contributed by atoms with Crippen molar-refractivity contribution in [3.63, 3.8) is 0 Å². The van der Waals surface area contributed by atoms with Crippen LogP contribution in [0.4, 0.5) is 0 Å². The fraction of sp³-hybridized carbons (Fsp3) is 0.500. The number of hydrogen-bond donors (Lipinski definition) is 0. The Morgan fingerprint density at radius 2 is 2.26 bits per heavy atom. The molecule has 0 saturated carbocycles. The molecule has 1 unspecified atom stereocenters. The van der Waals surface area contributed by atoms with Crippen LogP contribution in [0, 0.1) is 0 Å². The molecule has 2 rings (SSSR count). The van der Waals surface area contributed by atoms with Gasteiger partial charge in [0, 0.05) is 42.6 Å². The molecule has 1 heterocycles. The highest BCUT2D eigenvalue weighted by atomic mass is 35.5. The standard InChI is InChI=1S/C14H17Cl2NOS/c1-10-9-17(7-8-19-10)6-5-13(18)11-3-2-4-12(15)14(11)16/h2-4,10H,5-9H2,1H3. The zero-order chi connectivity index (χ0) is 13.8. The van der Waals surface area contributed by atoms with Gasteiger partial charge < -0.3 is 4.90 Å². The molecule has 0 bridgehead atoms. The molecule has 19 heavy (non-hydrogen) atoms. The number of ketones is 1. The van der Waals surface area contributed by atoms with E-state index in [2.05, 4.69) is 11.8 Å². The smallest absolute Gasteiger partial charge is 0.165 e. The lowest BCUT2D eigenvalue weighted by Gasteiger charge is -2.30. The second-order valence-electron chi connectivity index (χ2n) is 4.76. The lowest BCUT2D eigenvalue weighted by molar-refractivity contribution is 0.0965. The van der Waals surface area contributed by atoms with Crippen LogP contribution in [0.2, 0.25) is 10.0 Å². The lowest BCUT2D eigenvalue weighted by Crippen LogP contribution is -2.37. The van der Waals surface area contributed by atoms with Crippen molar-refractivity contribution in [1.82, 2.24) is 4.90 Å². The number of carbonyl (C=O) groups excluding carboxylic acids is 1. The highest BCUT2D eigenvalue weighted by Crippen LogP contribution is 2.26. The van der Waals surface area contributed by atoms with Crippen molar-refractivity contribution in [3.8, 4) is 0 Å². The van der Waals surface area contributed by atoms with E-state index in [1.54, 1.807) is 18.2 Å². The minimum atomic E-state index is 0.0679. The fourth-order valence-electron chi connectivity index (χ4n) is 2.21. The first-order valence-corrected chi connectivity index (χ1v) is 8.19. The maximum absolute atomic E-state index is 12.2. The first-order chi connectivity index (χ1) is 9.08. The number of benzene rings is 1. The summed E-state index contributed by atoms with van der Waals surface area (Å²) >= 11 is 14.0. The van der Waals surface area contributed by atoms with Crippen LogP contribution in [0.1, 0.15) is 23.7 Å². The van der Waals surface area contributed by atoms with E-state index in [0.717, 1.165) is 25.4 Å². The molecule has 0 N–H and O–H groups in total. The molecule has 1 fully saturated rings. The van der Waals surface area contributed by atoms with Gasteiger partial charge in [-0.3, -0.25) is 4.79 Å². The molecule has 0 spiro atoms. The normalized spacial score (nSPS) is 20.5. The van der Waals surface area contributed by atoms with Gasteiger partial charge in [0.05, 0.1) is 10.0 Å². The van der Waals surface area contributed by atoms with Crippen LogP contribution in [0.5, 0.6) is 0 Å². The van der Waals surface area contributed by atoms with Crippen LogP contribution < -0.4 is 0 Å². The van der Waals surface area contributed by atoms with E-state index in [-0.39, 0.29) is 5.78 Å². The van der Waals surface area contributed by atoms with Gasteiger partial charge in [-0.2, -0.15) is 11.8 Å². The van der Waals surface area contributed by atoms with Gasteiger partial charge in [0.1, 0.15) is 0 Å². The van der Waals surface area contributed by atoms with Gasteiger partial charge >= 0.3 is 0 Å². The second kappa shape index (κ2) is 6.98. The first kappa shape index (κ1) is 15.2. The van der Waals surface area contributed by atoms with Gasteiger partial charge in [-0.25, -0.2) is 0 Å². The third-order valence-electron chi connectivity index (χ3n) is 3.23. The summed E-state index contributed by atoms with van der Waals surface area (Å²) in [5, 5.41) is 1.46. The van der Waals surface area contributed by atoms with Gasteiger partial charge in [0.25, 0.3) is 0 Å². The summed E-state index contributed by atoms with van der Waals surface area (Å²) in [6.45, 7) is 5.14. The highest BCUT2D eigenvalue weighted by Gasteiger charge is 2.18. The SMILES string of the molecule is CC1CN(CCC(=O)c2cccc(Cl)c2Cl)CCS1. The molecule has 1 atom stereocenters. The summed E-state index contributed by atoms with van der Waals surface area (Å²) in [6, 6.07) is 5.20. The Morgan fingerprint density at radius 3 is 3.00 bits per heavy atom. The molecule has 1 saturated heterocycles. The molecule has 5 heteroatoms. The Kier molecular flexibility index (Phi) is 5.58. The monoisotopic (exact) mass is 317 g/mol. The number of Topliss-reactive ketones (excluding diaryl/α,β-unsaturated/α-hetero) is 1. The number of thioether (sulfide) groups is 1. The molecular weight excluding hydrogens is 301 g/mol. The summed E-state index contributed by atoms with van der Waals surface area (Å²) in [6.07, 6.45) is 0.497. The van der Waals surface area contributed by atoms with Gasteiger partial charge in [-0.05, 0) is 12.1 Å². The van der Waals surface area contributed by atoms with Crippen molar-refractivity contribution < 1.29 is 4.79 Å². The van der Waals surface area contributed by atoms with Crippen LogP contribution in [0.25, 0.3) is 0 Å². The second-order valence-corrected chi connectivity index (χ2v) is 7.09. The minimum absolute atomic E-state index is 0.0679. The fourth-order valence-corrected chi connectivity index (χ4v) is 3.70. The number of rotatable bonds is 4. The van der Waals surface area contributed by atoms with E-state index in [4.69, 9.17) is 23.2 Å². The molecule has 0 aromatic heterocycles. The first-order valence-electron chi connectivity index (χ1n) is 6.39. The Labute approximate surface area is 128 Å². The topological polar surface area (TPSA) is 20.3 Å². The van der Waals surface area contributed by atoms with E-state index in [1.165, 1.54) is 0 Å². The maximum Gasteiger partial charge on any atom is 0.165 e. The van der Waals surface area contributed by atoms with Crippen molar-refractivity contribution in [2.24, 2.45) is 0 Å². The average molecular weight is 318 g/mol. The Balaban J connectivity index is 1.92. The molecule has 104 valence electrons. The predicted octanol–water partition coefficient (Wildman–Crippen LogP) is 4.00. The van der Waals surface area contributed by atoms with E-state index in [0.29, 0.717) is 27.3 Å². The summed E-state index contributed by atoms with van der Waals surface area (Å²) in [5.74, 6) is 1.21. The number of carbonyl (C=O) groups is 1. The van der Waals surface area contributed by atoms with Crippen LogP contribution in [0.3, 0.4) is 0 Å². The van der Waals surface area contributed by atoms with Crippen LogP contribution in [-0.4, -0.2) is 41.3 Å². The molecule has 0 aliphatic carbocycles. The predicted molar refractivity (Wildman–Crippen MR) is 83.8 cm³/mol. The van der Waals surface area contributed by atoms with Gasteiger partial charge in [-0.15, -0.1) is 0 Å². The maximum atomic E-state index is 12.2. The molecule has 1 aromatic rings. The number of hydrogen-bond acceptors (Lipinski definition) is 3. The third kappa shape index (κ3) is 4.12. The largest absolute Gasteiger partial charge is 0.301 e. The number of nitrogens with zero attached hydrogens (tertiary/aromatic N) is 1. The number of halogens is 2. The molecule has 0 amide bonds. The van der Waals surface area contributed by atoms with Crippen molar-refractivity contribution in [2.75, 3.05) is 25.4 Å². The molecule has 1 aromatic carbocycles. The molecule has 0 radical (unpaired) electrons. The van der Waals surface area contributed by atoms with Crippen LogP contribution >= 0.6 is 35.0 Å². The average Bonchev–Trinajstić information content (AvgIpc) is 2.39. The summed E-state index contributed by atoms with van der Waals surface area (Å²) in [7, 11) is 0. The lowest BCUT2D eigenvalue weighted by atomic mass is 10.1. The molecule has 1 aliphatic rings. The van der Waals surface area contributed by atoms with Crippen molar-refractivity contribution >= 4 is 40.7 Å². The minimum Gasteiger partial charge on any atom is -0.301 e. The molecule has 2 nitrogen and oxygen atoms in total. The Morgan fingerprint density at radius 1 is 1.47 bits per heavy atom. The van der Waals surface area contributed by atoms with E-state index in [9.17, 15) is 4.79 Å². The third-order valence-corrected chi connectivity index (χ3v) is 5.19. The zero-order valence-electron chi connectivity index (χ0n) is 10.9. The van der Waals surface area contributed by atoms with Crippen molar-refractivity contribution in [2.45, 2.75) is 18.6 Å².